The van der Waals surface area contributed by atoms with E-state index in [1.54, 1.807) is 12.1 Å². The summed E-state index contributed by atoms with van der Waals surface area (Å²) in [4.78, 5) is 13.9. The number of aromatic nitrogens is 1. The Morgan fingerprint density at radius 2 is 2.20 bits per heavy atom. The van der Waals surface area contributed by atoms with Crippen LogP contribution in [0.4, 0.5) is 4.39 Å². The summed E-state index contributed by atoms with van der Waals surface area (Å²) >= 11 is 0. The van der Waals surface area contributed by atoms with E-state index in [1.165, 1.54) is 12.1 Å². The van der Waals surface area contributed by atoms with Gasteiger partial charge in [-0.2, -0.15) is 5.26 Å². The molecule has 1 aromatic carbocycles. The van der Waals surface area contributed by atoms with Gasteiger partial charge in [0, 0.05) is 5.56 Å². The van der Waals surface area contributed by atoms with Gasteiger partial charge in [0.25, 0.3) is 5.56 Å². The van der Waals surface area contributed by atoms with Crippen LogP contribution in [0.1, 0.15) is 5.56 Å². The fourth-order valence-corrected chi connectivity index (χ4v) is 1.43. The zero-order valence-electron chi connectivity index (χ0n) is 7.75. The van der Waals surface area contributed by atoms with Crippen LogP contribution in [0.25, 0.3) is 10.9 Å². The minimum Gasteiger partial charge on any atom is -0.322 e. The number of aromatic amines is 1. The van der Waals surface area contributed by atoms with Crippen molar-refractivity contribution >= 4 is 10.9 Å². The Morgan fingerprint density at radius 3 is 2.93 bits per heavy atom. The van der Waals surface area contributed by atoms with E-state index in [1.807, 2.05) is 6.07 Å². The monoisotopic (exact) mass is 202 g/mol. The highest BCUT2D eigenvalue weighted by atomic mass is 19.1. The van der Waals surface area contributed by atoms with E-state index in [4.69, 9.17) is 5.26 Å². The van der Waals surface area contributed by atoms with Crippen LogP contribution in [0.15, 0.2) is 29.1 Å². The average Bonchev–Trinajstić information content (AvgIpc) is 2.20. The number of nitriles is 1. The number of rotatable bonds is 1. The van der Waals surface area contributed by atoms with Gasteiger partial charge in [-0.3, -0.25) is 4.79 Å². The molecule has 2 rings (SSSR count). The van der Waals surface area contributed by atoms with Gasteiger partial charge in [-0.1, -0.05) is 0 Å². The second-order valence-corrected chi connectivity index (χ2v) is 3.19. The SMILES string of the molecule is N#CCc1cc2ccc(F)cc2[nH]c1=O. The highest BCUT2D eigenvalue weighted by Crippen LogP contribution is 2.12. The molecule has 1 aromatic heterocycles. The number of nitrogens with zero attached hydrogens (tertiary/aromatic N) is 1. The Balaban J connectivity index is 2.72. The number of H-pyrrole nitrogens is 1. The van der Waals surface area contributed by atoms with E-state index in [0.717, 1.165) is 5.39 Å². The number of halogens is 1. The molecule has 15 heavy (non-hydrogen) atoms. The van der Waals surface area contributed by atoms with Crippen LogP contribution in [0.2, 0.25) is 0 Å². The maximum Gasteiger partial charge on any atom is 0.252 e. The zero-order chi connectivity index (χ0) is 10.8. The van der Waals surface area contributed by atoms with E-state index < -0.39 is 5.82 Å². The predicted molar refractivity (Wildman–Crippen MR) is 53.8 cm³/mol. The van der Waals surface area contributed by atoms with Gasteiger partial charge in [0.2, 0.25) is 0 Å². The molecule has 4 heteroatoms. The van der Waals surface area contributed by atoms with Crippen molar-refractivity contribution in [1.29, 1.82) is 5.26 Å². The fraction of sp³-hybridized carbons (Fsp3) is 0.0909. The summed E-state index contributed by atoms with van der Waals surface area (Å²) in [6, 6.07) is 7.66. The van der Waals surface area contributed by atoms with Crippen LogP contribution in [0.3, 0.4) is 0 Å². The first kappa shape index (κ1) is 9.41. The summed E-state index contributed by atoms with van der Waals surface area (Å²) in [5, 5.41) is 9.22. The van der Waals surface area contributed by atoms with Gasteiger partial charge >= 0.3 is 0 Å². The van der Waals surface area contributed by atoms with E-state index in [9.17, 15) is 9.18 Å². The van der Waals surface area contributed by atoms with Gasteiger partial charge < -0.3 is 4.98 Å². The lowest BCUT2D eigenvalue weighted by atomic mass is 10.1. The van der Waals surface area contributed by atoms with Crippen LogP contribution < -0.4 is 5.56 Å². The lowest BCUT2D eigenvalue weighted by Gasteiger charge is -1.99. The van der Waals surface area contributed by atoms with Crippen LogP contribution in [-0.4, -0.2) is 4.98 Å². The normalized spacial score (nSPS) is 10.1. The molecule has 0 aliphatic carbocycles. The molecule has 0 atom stereocenters. The number of fused-ring (bicyclic) bond motifs is 1. The van der Waals surface area contributed by atoms with Crippen LogP contribution in [-0.2, 0) is 6.42 Å². The van der Waals surface area contributed by atoms with Crippen LogP contribution in [0.5, 0.6) is 0 Å². The molecule has 0 radical (unpaired) electrons. The standard InChI is InChI=1S/C11H7FN2O/c12-9-2-1-7-5-8(3-4-13)11(15)14-10(7)6-9/h1-2,5-6H,3H2,(H,14,15). The van der Waals surface area contributed by atoms with Crippen molar-refractivity contribution in [3.63, 3.8) is 0 Å². The highest BCUT2D eigenvalue weighted by Gasteiger charge is 2.02. The summed E-state index contributed by atoms with van der Waals surface area (Å²) < 4.78 is 12.8. The molecule has 2 aromatic rings. The van der Waals surface area contributed by atoms with Gasteiger partial charge in [-0.25, -0.2) is 4.39 Å². The van der Waals surface area contributed by atoms with Gasteiger partial charge in [0.05, 0.1) is 18.0 Å². The van der Waals surface area contributed by atoms with E-state index in [-0.39, 0.29) is 12.0 Å². The van der Waals surface area contributed by atoms with E-state index in [2.05, 4.69) is 4.98 Å². The zero-order valence-corrected chi connectivity index (χ0v) is 7.75. The lowest BCUT2D eigenvalue weighted by Crippen LogP contribution is -2.11. The molecule has 0 unspecified atom stereocenters. The van der Waals surface area contributed by atoms with Gasteiger partial charge in [0.15, 0.2) is 0 Å². The van der Waals surface area contributed by atoms with Gasteiger partial charge in [0.1, 0.15) is 5.82 Å². The molecule has 0 saturated carbocycles. The maximum absolute atomic E-state index is 12.8. The third kappa shape index (κ3) is 1.72. The lowest BCUT2D eigenvalue weighted by molar-refractivity contribution is 0.629. The van der Waals surface area contributed by atoms with Crippen molar-refractivity contribution in [2.24, 2.45) is 0 Å². The second-order valence-electron chi connectivity index (χ2n) is 3.19. The highest BCUT2D eigenvalue weighted by molar-refractivity contribution is 5.78. The van der Waals surface area contributed by atoms with Crippen molar-refractivity contribution in [2.45, 2.75) is 6.42 Å². The number of nitrogens with one attached hydrogen (secondary N) is 1. The topological polar surface area (TPSA) is 56.6 Å². The molecule has 1 heterocycles. The Morgan fingerprint density at radius 1 is 1.40 bits per heavy atom. The number of pyridine rings is 1. The summed E-state index contributed by atoms with van der Waals surface area (Å²) in [5.74, 6) is -0.397. The number of hydrogen-bond donors (Lipinski definition) is 1. The maximum atomic E-state index is 12.8. The third-order valence-corrected chi connectivity index (χ3v) is 2.15. The van der Waals surface area contributed by atoms with E-state index >= 15 is 0 Å². The van der Waals surface area contributed by atoms with E-state index in [0.29, 0.717) is 11.1 Å². The molecule has 1 N–H and O–H groups in total. The summed E-state index contributed by atoms with van der Waals surface area (Å²) in [6.07, 6.45) is 0.0582. The average molecular weight is 202 g/mol. The minimum atomic E-state index is -0.397. The first-order valence-corrected chi connectivity index (χ1v) is 4.39. The molecule has 0 bridgehead atoms. The first-order valence-electron chi connectivity index (χ1n) is 4.39. The Hall–Kier alpha value is -2.15. The molecule has 0 aliphatic heterocycles. The van der Waals surface area contributed by atoms with Crippen molar-refractivity contribution in [3.8, 4) is 6.07 Å². The molecule has 0 amide bonds. The largest absolute Gasteiger partial charge is 0.322 e. The second kappa shape index (κ2) is 3.54. The van der Waals surface area contributed by atoms with Gasteiger partial charge in [-0.15, -0.1) is 0 Å². The quantitative estimate of drug-likeness (QED) is 0.765. The Kier molecular flexibility index (Phi) is 2.22. The van der Waals surface area contributed by atoms with Crippen molar-refractivity contribution in [3.05, 3.63) is 46.0 Å². The Bertz CT molecular complexity index is 610. The van der Waals surface area contributed by atoms with Crippen molar-refractivity contribution in [1.82, 2.24) is 4.98 Å². The van der Waals surface area contributed by atoms with Crippen LogP contribution >= 0.6 is 0 Å². The molecular formula is C11H7FN2O. The molecule has 0 fully saturated rings. The molecule has 0 spiro atoms. The van der Waals surface area contributed by atoms with Crippen molar-refractivity contribution in [2.75, 3.05) is 0 Å². The molecule has 74 valence electrons. The molecule has 0 saturated heterocycles. The Labute approximate surface area is 84.8 Å². The number of hydrogen-bond acceptors (Lipinski definition) is 2. The summed E-state index contributed by atoms with van der Waals surface area (Å²) in [6.45, 7) is 0. The third-order valence-electron chi connectivity index (χ3n) is 2.15. The molecule has 3 nitrogen and oxygen atoms in total. The smallest absolute Gasteiger partial charge is 0.252 e. The minimum absolute atomic E-state index is 0.0582. The van der Waals surface area contributed by atoms with Crippen molar-refractivity contribution < 1.29 is 4.39 Å². The molecule has 0 aliphatic rings. The number of benzene rings is 1. The first-order chi connectivity index (χ1) is 7.20. The van der Waals surface area contributed by atoms with Crippen LogP contribution in [0, 0.1) is 17.1 Å². The predicted octanol–water partition coefficient (Wildman–Crippen LogP) is 1.73. The van der Waals surface area contributed by atoms with Gasteiger partial charge in [-0.05, 0) is 29.7 Å². The molecular weight excluding hydrogens is 195 g/mol. The summed E-state index contributed by atoms with van der Waals surface area (Å²) in [5.41, 5.74) is 0.507. The fourth-order valence-electron chi connectivity index (χ4n) is 1.43. The summed E-state index contributed by atoms with van der Waals surface area (Å²) in [7, 11) is 0.